The average Bonchev–Trinajstić information content (AvgIpc) is 2.68. The molecule has 0 aliphatic carbocycles. The van der Waals surface area contributed by atoms with Crippen molar-refractivity contribution in [3.05, 3.63) is 91.0 Å². The lowest BCUT2D eigenvalue weighted by atomic mass is 10.3. The minimum atomic E-state index is -1.62. The maximum absolute atomic E-state index is 4.42. The van der Waals surface area contributed by atoms with Crippen molar-refractivity contribution in [1.29, 1.82) is 0 Å². The molecule has 0 aliphatic rings. The zero-order valence-electron chi connectivity index (χ0n) is 13.9. The van der Waals surface area contributed by atoms with Gasteiger partial charge in [-0.3, -0.25) is 0 Å². The van der Waals surface area contributed by atoms with E-state index in [1.165, 1.54) is 28.5 Å². The first kappa shape index (κ1) is 17.3. The third-order valence-corrected chi connectivity index (χ3v) is 9.33. The lowest BCUT2D eigenvalue weighted by Gasteiger charge is -2.27. The van der Waals surface area contributed by atoms with E-state index in [0.717, 1.165) is 12.2 Å². The molecule has 0 fully saturated rings. The zero-order valence-corrected chi connectivity index (χ0v) is 15.7. The number of benzene rings is 3. The van der Waals surface area contributed by atoms with E-state index in [-0.39, 0.29) is 0 Å². The fraction of sp³-hybridized carbons (Fsp3) is 0.182. The number of hydrogen-bond donors (Lipinski definition) is 1. The van der Waals surface area contributed by atoms with E-state index in [2.05, 4.69) is 104 Å². The van der Waals surface area contributed by atoms with E-state index >= 15 is 0 Å². The van der Waals surface area contributed by atoms with Gasteiger partial charge in [0, 0.05) is 0 Å². The normalized spacial score (nSPS) is 11.4. The molecule has 0 saturated heterocycles. The van der Waals surface area contributed by atoms with Gasteiger partial charge in [0.15, 0.2) is 0 Å². The van der Waals surface area contributed by atoms with Crippen molar-refractivity contribution >= 4 is 35.8 Å². The van der Waals surface area contributed by atoms with Crippen LogP contribution in [0.1, 0.15) is 12.8 Å². The van der Waals surface area contributed by atoms with E-state index in [9.17, 15) is 0 Å². The Bertz CT molecular complexity index is 629. The topological polar surface area (TPSA) is 0 Å². The fourth-order valence-electron chi connectivity index (χ4n) is 3.34. The molecule has 3 rings (SSSR count). The molecule has 0 saturated carbocycles. The molecule has 0 radical (unpaired) electrons. The Morgan fingerprint density at radius 3 is 1.25 bits per heavy atom. The molecular weight excluding hydrogens is 327 g/mol. The Morgan fingerprint density at radius 1 is 0.542 bits per heavy atom. The molecule has 0 heterocycles. The largest absolute Gasteiger partial charge is 0.179 e. The Hall–Kier alpha value is -1.56. The second-order valence-corrected chi connectivity index (χ2v) is 10.0. The van der Waals surface area contributed by atoms with E-state index in [1.54, 1.807) is 0 Å². The van der Waals surface area contributed by atoms with Gasteiger partial charge in [-0.05, 0) is 55.0 Å². The second-order valence-electron chi connectivity index (χ2n) is 5.97. The predicted molar refractivity (Wildman–Crippen MR) is 113 cm³/mol. The van der Waals surface area contributed by atoms with Crippen LogP contribution in [0.15, 0.2) is 91.0 Å². The molecule has 0 bridgehead atoms. The van der Waals surface area contributed by atoms with Crippen LogP contribution in [-0.2, 0) is 0 Å². The molecule has 24 heavy (non-hydrogen) atoms. The summed E-state index contributed by atoms with van der Waals surface area (Å²) in [6.45, 7) is 0. The van der Waals surface area contributed by atoms with Crippen LogP contribution < -0.4 is 15.9 Å². The smallest absolute Gasteiger partial charge is 0.112 e. The first-order valence-electron chi connectivity index (χ1n) is 8.54. The van der Waals surface area contributed by atoms with Crippen LogP contribution in [-0.4, -0.2) is 11.9 Å². The summed E-state index contributed by atoms with van der Waals surface area (Å²) in [6.07, 6.45) is 3.57. The second kappa shape index (κ2) is 8.51. The van der Waals surface area contributed by atoms with Gasteiger partial charge in [0.1, 0.15) is 23.2 Å². The van der Waals surface area contributed by atoms with Crippen molar-refractivity contribution < 1.29 is 0 Å². The minimum Gasteiger partial charge on any atom is -0.179 e. The highest BCUT2D eigenvalue weighted by molar-refractivity contribution is 7.95. The van der Waals surface area contributed by atoms with E-state index in [1.807, 2.05) is 0 Å². The molecule has 2 heteroatoms. The van der Waals surface area contributed by atoms with Crippen LogP contribution >= 0.6 is 19.9 Å². The minimum absolute atomic E-state index is 0.957. The molecule has 122 valence electrons. The first-order valence-corrected chi connectivity index (χ1v) is 11.1. The van der Waals surface area contributed by atoms with Gasteiger partial charge in [0.2, 0.25) is 0 Å². The van der Waals surface area contributed by atoms with Gasteiger partial charge in [-0.2, -0.15) is 12.6 Å². The van der Waals surface area contributed by atoms with Crippen molar-refractivity contribution in [2.45, 2.75) is 12.8 Å². The Labute approximate surface area is 151 Å². The van der Waals surface area contributed by atoms with Crippen LogP contribution in [0.4, 0.5) is 0 Å². The van der Waals surface area contributed by atoms with Gasteiger partial charge in [0.25, 0.3) is 0 Å². The molecule has 0 spiro atoms. The molecular formula is C22H24PS+. The summed E-state index contributed by atoms with van der Waals surface area (Å²) in [7, 11) is -1.62. The van der Waals surface area contributed by atoms with E-state index in [4.69, 9.17) is 0 Å². The molecule has 0 aromatic heterocycles. The molecule has 0 N–H and O–H groups in total. The van der Waals surface area contributed by atoms with Crippen LogP contribution in [0.2, 0.25) is 0 Å². The van der Waals surface area contributed by atoms with Crippen molar-refractivity contribution in [1.82, 2.24) is 0 Å². The van der Waals surface area contributed by atoms with Crippen LogP contribution in [0, 0.1) is 0 Å². The van der Waals surface area contributed by atoms with Gasteiger partial charge in [-0.1, -0.05) is 54.6 Å². The lowest BCUT2D eigenvalue weighted by Crippen LogP contribution is -2.33. The zero-order chi connectivity index (χ0) is 16.7. The van der Waals surface area contributed by atoms with Crippen LogP contribution in [0.25, 0.3) is 0 Å². The third kappa shape index (κ3) is 3.58. The van der Waals surface area contributed by atoms with Gasteiger partial charge in [0.05, 0.1) is 6.16 Å². The fourth-order valence-corrected chi connectivity index (χ4v) is 7.98. The maximum atomic E-state index is 4.42. The molecule has 0 nitrogen and oxygen atoms in total. The molecule has 3 aromatic carbocycles. The highest BCUT2D eigenvalue weighted by Gasteiger charge is 2.44. The van der Waals surface area contributed by atoms with Gasteiger partial charge >= 0.3 is 0 Å². The number of unbranched alkanes of at least 4 members (excludes halogenated alkanes) is 1. The van der Waals surface area contributed by atoms with Crippen molar-refractivity contribution in [2.75, 3.05) is 11.9 Å². The predicted octanol–water partition coefficient (Wildman–Crippen LogP) is 4.69. The Kier molecular flexibility index (Phi) is 6.12. The lowest BCUT2D eigenvalue weighted by molar-refractivity contribution is 0.905. The SMILES string of the molecule is SCCCC[P+](c1ccccc1)(c1ccccc1)c1ccccc1. The van der Waals surface area contributed by atoms with E-state index in [0.29, 0.717) is 0 Å². The number of rotatable bonds is 7. The quantitative estimate of drug-likeness (QED) is 0.356. The summed E-state index contributed by atoms with van der Waals surface area (Å²) in [6, 6.07) is 33.3. The molecule has 0 aliphatic heterocycles. The Balaban J connectivity index is 2.20. The average molecular weight is 351 g/mol. The van der Waals surface area contributed by atoms with Crippen LogP contribution in [0.3, 0.4) is 0 Å². The molecule has 0 atom stereocenters. The standard InChI is InChI=1S/C22H23PS/c24-19-11-10-18-23(20-12-4-1-5-13-20,21-14-6-2-7-15-21)22-16-8-3-9-17-22/h1-9,12-17H,10-11,18-19H2/p+1. The summed E-state index contributed by atoms with van der Waals surface area (Å²) in [4.78, 5) is 0. The van der Waals surface area contributed by atoms with Crippen molar-refractivity contribution in [3.63, 3.8) is 0 Å². The summed E-state index contributed by atoms with van der Waals surface area (Å²) in [5.74, 6) is 0.957. The summed E-state index contributed by atoms with van der Waals surface area (Å²) >= 11 is 4.42. The summed E-state index contributed by atoms with van der Waals surface area (Å²) in [5, 5.41) is 4.42. The summed E-state index contributed by atoms with van der Waals surface area (Å²) < 4.78 is 0. The van der Waals surface area contributed by atoms with E-state index < -0.39 is 7.26 Å². The Morgan fingerprint density at radius 2 is 0.917 bits per heavy atom. The third-order valence-electron chi connectivity index (χ3n) is 4.49. The molecule has 0 unspecified atom stereocenters. The first-order chi connectivity index (χ1) is 11.9. The van der Waals surface area contributed by atoms with Crippen molar-refractivity contribution in [3.8, 4) is 0 Å². The van der Waals surface area contributed by atoms with Crippen molar-refractivity contribution in [2.24, 2.45) is 0 Å². The highest BCUT2D eigenvalue weighted by Crippen LogP contribution is 2.55. The van der Waals surface area contributed by atoms with Gasteiger partial charge in [-0.15, -0.1) is 0 Å². The number of thiol groups is 1. The van der Waals surface area contributed by atoms with Gasteiger partial charge in [-0.25, -0.2) is 0 Å². The molecule has 3 aromatic rings. The summed E-state index contributed by atoms with van der Waals surface area (Å²) in [5.41, 5.74) is 0. The highest BCUT2D eigenvalue weighted by atomic mass is 32.1. The maximum Gasteiger partial charge on any atom is 0.112 e. The monoisotopic (exact) mass is 351 g/mol. The van der Waals surface area contributed by atoms with Crippen LogP contribution in [0.5, 0.6) is 0 Å². The number of hydrogen-bond acceptors (Lipinski definition) is 1. The van der Waals surface area contributed by atoms with Gasteiger partial charge < -0.3 is 0 Å². The molecule has 0 amide bonds.